The number of cyclic esters (lactones) is 2. The van der Waals surface area contributed by atoms with Gasteiger partial charge in [0.2, 0.25) is 0 Å². The zero-order chi connectivity index (χ0) is 85.6. The summed E-state index contributed by atoms with van der Waals surface area (Å²) in [6, 6.07) is 18.7. The molecule has 4 fully saturated rings. The molecule has 5 aliphatic heterocycles. The van der Waals surface area contributed by atoms with Crippen LogP contribution in [0.1, 0.15) is 179 Å². The third-order valence-electron chi connectivity index (χ3n) is 24.4. The van der Waals surface area contributed by atoms with Crippen LogP contribution in [-0.4, -0.2) is 245 Å². The fourth-order valence-corrected chi connectivity index (χ4v) is 17.6. The molecule has 0 radical (unpaired) electrons. The number of rotatable bonds is 21. The Labute approximate surface area is 683 Å². The van der Waals surface area contributed by atoms with Crippen molar-refractivity contribution in [3.05, 3.63) is 115 Å². The van der Waals surface area contributed by atoms with Gasteiger partial charge in [0.15, 0.2) is 47.2 Å². The predicted molar refractivity (Wildman–Crippen MR) is 429 cm³/mol. The Morgan fingerprint density at radius 1 is 0.638 bits per heavy atom. The average molecular weight is 1620 g/mol. The molecule has 0 bridgehead atoms. The summed E-state index contributed by atoms with van der Waals surface area (Å²) in [4.78, 5) is 140. The van der Waals surface area contributed by atoms with Gasteiger partial charge in [-0.15, -0.1) is 0 Å². The van der Waals surface area contributed by atoms with Crippen molar-refractivity contribution in [2.45, 2.75) is 271 Å². The number of aliphatic hydroxyl groups is 1. The number of esters is 3. The van der Waals surface area contributed by atoms with Crippen molar-refractivity contribution in [2.24, 2.45) is 41.4 Å². The molecule has 0 spiro atoms. The monoisotopic (exact) mass is 1620 g/mol. The Kier molecular flexibility index (Phi) is 32.6. The number of pyridine rings is 1. The Bertz CT molecular complexity index is 4000. The van der Waals surface area contributed by atoms with E-state index in [1.54, 1.807) is 116 Å². The SMILES string of the molecule is CC[C@H]1OC(=O)[C@H](C)C(=O)[C@H](C)[C@@H](OC2O[C@H](C)C[C@H](N(C)C)[C@H]2O)[C@@](C)(OC)C[C@@H](C)C(=O)[C@H](C)[C@H]2N(CCCOc3ccc(-c4cccnc4)cc3)C(=O)O[C@]12CC.CC[C@H]1OC(=O)[C@H](C)C(=O)[C@H](C)[C@@H](OC2O[C@H](C)C[C@H](N(C)C)[C@H]2OC(=O)c2ccccc2)[C@@](C)(OC)C[C@@H](C)C(=O)/C(C)=C/[C@]1(CC)OC(=O)n1ccnc1. The van der Waals surface area contributed by atoms with Crippen LogP contribution >= 0.6 is 0 Å². The molecule has 1 amide bonds. The largest absolute Gasteiger partial charge is 0.494 e. The van der Waals surface area contributed by atoms with Gasteiger partial charge in [-0.2, -0.15) is 0 Å². The highest BCUT2D eigenvalue weighted by molar-refractivity contribution is 6.01. The minimum Gasteiger partial charge on any atom is -0.494 e. The van der Waals surface area contributed by atoms with Gasteiger partial charge in [0, 0.05) is 81.2 Å². The molecule has 4 saturated heterocycles. The molecule has 1 N–H and O–H groups in total. The molecule has 2 unspecified atom stereocenters. The minimum absolute atomic E-state index is 0.0770. The maximum atomic E-state index is 14.8. The van der Waals surface area contributed by atoms with E-state index in [9.17, 15) is 48.3 Å². The highest BCUT2D eigenvalue weighted by Crippen LogP contribution is 2.46. The molecule has 5 aliphatic rings. The molecule has 640 valence electrons. The number of amides is 1. The number of hydrogen-bond acceptors (Lipinski definition) is 26. The number of aliphatic hydroxyl groups excluding tert-OH is 1. The number of hydrogen-bond donors (Lipinski definition) is 1. The normalized spacial score (nSPS) is 35.2. The molecule has 9 rings (SSSR count). The lowest BCUT2D eigenvalue weighted by atomic mass is 9.72. The molecule has 28 heteroatoms. The van der Waals surface area contributed by atoms with Crippen molar-refractivity contribution < 1.29 is 105 Å². The van der Waals surface area contributed by atoms with Gasteiger partial charge in [-0.25, -0.2) is 23.9 Å². The second-order valence-corrected chi connectivity index (χ2v) is 33.1. The first-order valence-electron chi connectivity index (χ1n) is 40.9. The first-order chi connectivity index (χ1) is 54.8. The first-order valence-corrected chi connectivity index (χ1v) is 40.9. The number of allylic oxidation sites excluding steroid dienone is 1. The smallest absolute Gasteiger partial charge is 0.420 e. The van der Waals surface area contributed by atoms with E-state index in [2.05, 4.69) is 9.97 Å². The van der Waals surface area contributed by atoms with Crippen LogP contribution < -0.4 is 4.74 Å². The van der Waals surface area contributed by atoms with Crippen LogP contribution in [0.25, 0.3) is 11.1 Å². The number of ether oxygens (including phenoxy) is 12. The molecular formula is C88H126N6O22. The molecule has 116 heavy (non-hydrogen) atoms. The molecule has 4 aromatic rings. The van der Waals surface area contributed by atoms with Crippen LogP contribution in [0.5, 0.6) is 5.75 Å². The topological polar surface area (TPSA) is 325 Å². The van der Waals surface area contributed by atoms with Gasteiger partial charge >= 0.3 is 30.1 Å². The van der Waals surface area contributed by atoms with Gasteiger partial charge < -0.3 is 76.6 Å². The van der Waals surface area contributed by atoms with E-state index in [1.807, 2.05) is 109 Å². The van der Waals surface area contributed by atoms with E-state index < -0.39 is 161 Å². The minimum atomic E-state index is -1.57. The fraction of sp³-hybridized carbons (Fsp3) is 0.648. The number of likely N-dealkylation sites (N-methyl/N-ethyl adjacent to an activating group) is 2. The van der Waals surface area contributed by atoms with E-state index >= 15 is 0 Å². The summed E-state index contributed by atoms with van der Waals surface area (Å²) in [6.45, 7) is 28.3. The molecule has 0 saturated carbocycles. The van der Waals surface area contributed by atoms with E-state index in [0.29, 0.717) is 30.6 Å². The van der Waals surface area contributed by atoms with Gasteiger partial charge in [0.05, 0.1) is 59.9 Å². The number of aromatic nitrogens is 3. The number of benzene rings is 2. The molecule has 7 heterocycles. The third kappa shape index (κ3) is 21.1. The van der Waals surface area contributed by atoms with Crippen molar-refractivity contribution in [3.63, 3.8) is 0 Å². The third-order valence-corrected chi connectivity index (χ3v) is 24.4. The van der Waals surface area contributed by atoms with Crippen molar-refractivity contribution in [2.75, 3.05) is 55.6 Å². The quantitative estimate of drug-likeness (QED) is 0.0350. The van der Waals surface area contributed by atoms with Crippen LogP contribution in [0.3, 0.4) is 0 Å². The maximum Gasteiger partial charge on any atom is 0.420 e. The van der Waals surface area contributed by atoms with Gasteiger partial charge in [-0.3, -0.25) is 33.8 Å². The average Bonchev–Trinajstić information content (AvgIpc) is 1.58. The highest BCUT2D eigenvalue weighted by atomic mass is 16.7. The summed E-state index contributed by atoms with van der Waals surface area (Å²) in [5.41, 5.74) is -2.93. The Balaban J connectivity index is 0.000000291. The number of carbonyl (C=O) groups is 9. The second kappa shape index (κ2) is 40.5. The lowest BCUT2D eigenvalue weighted by Crippen LogP contribution is -2.61. The summed E-state index contributed by atoms with van der Waals surface area (Å²) in [6.07, 6.45) is 1.32. The summed E-state index contributed by atoms with van der Waals surface area (Å²) in [5, 5.41) is 11.5. The number of imidazole rings is 1. The number of fused-ring (bicyclic) bond motifs is 1. The van der Waals surface area contributed by atoms with Crippen LogP contribution in [-0.2, 0) is 80.9 Å². The van der Waals surface area contributed by atoms with Crippen LogP contribution in [0.15, 0.2) is 109 Å². The Morgan fingerprint density at radius 2 is 1.20 bits per heavy atom. The standard InChI is InChI=1S/C46H67N3O11.C42H59N3O11/c1-12-36-46(13-2)40(49(44(54)60-46)22-15-23-56-34-19-17-32(18-20-34)33-16-14-21-47-26-33)29(5)37(50)27(3)25-45(8,55-11)41(30(6)38(51)31(7)42(53)58-36)59-43-39(52)35(48(9)10)24-28(4)57-43;1-12-32-42(13-2,56-40(50)45-20-19-43-24-45)23-26(4)33(46)25(3)22-41(8,51-11)36(28(6)34(47)29(7)37(48)53-32)55-39-35(31(44(9)10)21-27(5)52-39)54-38(49)30-17-15-14-16-18-30/h14,16-21,26-31,35-36,39-41,43,52H,12-13,15,22-25H2,1-11H3;14-20,23-25,27-29,31-32,35-36,39H,12-13,21-22H2,1-11H3/b;26-23+/t27-,28-,29+,30+,31-,35+,36-,39-,40-,41-,43?,45+,46-;25-,27-,28+,29-,31+,32-,35-,36-,39?,41+,42+/m11/s1. The van der Waals surface area contributed by atoms with Crippen molar-refractivity contribution >= 4 is 53.2 Å². The summed E-state index contributed by atoms with van der Waals surface area (Å²) >= 11 is 0. The number of Topliss-reactive ketones (excluding diaryl/α,β-unsaturated/α-hetero) is 4. The fourth-order valence-electron chi connectivity index (χ4n) is 17.6. The second-order valence-electron chi connectivity index (χ2n) is 33.1. The summed E-state index contributed by atoms with van der Waals surface area (Å²) < 4.78 is 76.4. The van der Waals surface area contributed by atoms with Gasteiger partial charge in [0.1, 0.15) is 48.0 Å². The zero-order valence-electron chi connectivity index (χ0n) is 71.8. The van der Waals surface area contributed by atoms with E-state index in [0.717, 1.165) is 15.7 Å². The van der Waals surface area contributed by atoms with E-state index in [-0.39, 0.29) is 93.1 Å². The number of ketones is 4. The Morgan fingerprint density at radius 3 is 1.72 bits per heavy atom. The number of carbonyl (C=O) groups excluding carboxylic acids is 9. The van der Waals surface area contributed by atoms with Crippen LogP contribution in [0.4, 0.5) is 9.59 Å². The lowest BCUT2D eigenvalue weighted by molar-refractivity contribution is -0.295. The van der Waals surface area contributed by atoms with Crippen molar-refractivity contribution in [1.82, 2.24) is 29.2 Å². The molecule has 2 aromatic heterocycles. The first kappa shape index (κ1) is 93.3. The maximum absolute atomic E-state index is 14.8. The van der Waals surface area contributed by atoms with Crippen molar-refractivity contribution in [1.29, 1.82) is 0 Å². The molecule has 2 aromatic carbocycles. The molecule has 28 nitrogen and oxygen atoms in total. The predicted octanol–water partition coefficient (Wildman–Crippen LogP) is 11.9. The summed E-state index contributed by atoms with van der Waals surface area (Å²) in [5.74, 6) is -9.55. The van der Waals surface area contributed by atoms with Crippen LogP contribution in [0.2, 0.25) is 0 Å². The van der Waals surface area contributed by atoms with E-state index in [4.69, 9.17) is 56.8 Å². The number of methoxy groups -OCH3 is 2. The number of nitrogens with zero attached hydrogens (tertiary/aromatic N) is 6. The Hall–Kier alpha value is -8.19. The van der Waals surface area contributed by atoms with Gasteiger partial charge in [-0.05, 0) is 188 Å². The summed E-state index contributed by atoms with van der Waals surface area (Å²) in [7, 11) is 10.5. The lowest BCUT2D eigenvalue weighted by Gasteiger charge is -2.47. The molecule has 0 aliphatic carbocycles. The van der Waals surface area contributed by atoms with Crippen LogP contribution in [0, 0.1) is 41.4 Å². The molecular weight excluding hydrogens is 1490 g/mol. The highest BCUT2D eigenvalue weighted by Gasteiger charge is 2.62. The molecule has 24 atom stereocenters. The van der Waals surface area contributed by atoms with E-state index in [1.165, 1.54) is 46.8 Å². The zero-order valence-corrected chi connectivity index (χ0v) is 71.8. The van der Waals surface area contributed by atoms with Gasteiger partial charge in [-0.1, -0.05) is 98.7 Å². The van der Waals surface area contributed by atoms with Gasteiger partial charge in [0.25, 0.3) is 0 Å². The van der Waals surface area contributed by atoms with Crippen molar-refractivity contribution in [3.8, 4) is 16.9 Å².